The minimum Gasteiger partial charge on any atom is -0.494 e. The predicted molar refractivity (Wildman–Crippen MR) is 75.8 cm³/mol. The predicted octanol–water partition coefficient (Wildman–Crippen LogP) is 3.30. The first-order valence-corrected chi connectivity index (χ1v) is 6.57. The van der Waals surface area contributed by atoms with Gasteiger partial charge in [-0.2, -0.15) is 0 Å². The molecule has 0 aliphatic heterocycles. The van der Waals surface area contributed by atoms with Crippen molar-refractivity contribution in [3.63, 3.8) is 0 Å². The molecule has 5 heteroatoms. The minimum absolute atomic E-state index is 0.159. The molecule has 1 heterocycles. The van der Waals surface area contributed by atoms with Crippen LogP contribution in [0.15, 0.2) is 41.0 Å². The highest BCUT2D eigenvalue weighted by atomic mass is 79.9. The largest absolute Gasteiger partial charge is 0.494 e. The molecule has 0 fully saturated rings. The summed E-state index contributed by atoms with van der Waals surface area (Å²) in [5.74, 6) is -0.139. The van der Waals surface area contributed by atoms with Crippen molar-refractivity contribution in [1.29, 1.82) is 0 Å². The maximum Gasteiger partial charge on any atom is 0.165 e. The van der Waals surface area contributed by atoms with Gasteiger partial charge >= 0.3 is 0 Å². The summed E-state index contributed by atoms with van der Waals surface area (Å²) in [7, 11) is 3.26. The monoisotopic (exact) mass is 324 g/mol. The van der Waals surface area contributed by atoms with Gasteiger partial charge < -0.3 is 10.1 Å². The average molecular weight is 325 g/mol. The Morgan fingerprint density at radius 3 is 2.63 bits per heavy atom. The second-order valence-electron chi connectivity index (χ2n) is 4.02. The van der Waals surface area contributed by atoms with Gasteiger partial charge in [0.15, 0.2) is 11.6 Å². The Morgan fingerprint density at radius 2 is 2.11 bits per heavy atom. The molecule has 1 atom stereocenters. The van der Waals surface area contributed by atoms with Gasteiger partial charge in [-0.3, -0.25) is 4.98 Å². The van der Waals surface area contributed by atoms with Gasteiger partial charge in [0.05, 0.1) is 18.8 Å². The maximum atomic E-state index is 13.7. The summed E-state index contributed by atoms with van der Waals surface area (Å²) < 4.78 is 19.6. The molecule has 0 amide bonds. The maximum absolute atomic E-state index is 13.7. The molecule has 19 heavy (non-hydrogen) atoms. The third kappa shape index (κ3) is 3.11. The van der Waals surface area contributed by atoms with Crippen LogP contribution in [-0.2, 0) is 0 Å². The highest BCUT2D eigenvalue weighted by molar-refractivity contribution is 9.10. The number of hydrogen-bond donors (Lipinski definition) is 1. The van der Waals surface area contributed by atoms with E-state index < -0.39 is 0 Å². The first-order valence-electron chi connectivity index (χ1n) is 5.78. The molecule has 0 aliphatic rings. The van der Waals surface area contributed by atoms with Crippen molar-refractivity contribution in [2.24, 2.45) is 0 Å². The molecule has 0 saturated heterocycles. The van der Waals surface area contributed by atoms with Crippen LogP contribution in [0.25, 0.3) is 0 Å². The minimum atomic E-state index is -0.377. The van der Waals surface area contributed by atoms with E-state index in [1.807, 2.05) is 25.2 Å². The van der Waals surface area contributed by atoms with Crippen molar-refractivity contribution < 1.29 is 9.13 Å². The molecular formula is C14H14BrFN2O. The molecule has 0 radical (unpaired) electrons. The summed E-state index contributed by atoms with van der Waals surface area (Å²) in [6.07, 6.45) is 1.72. The first kappa shape index (κ1) is 14.0. The van der Waals surface area contributed by atoms with Crippen LogP contribution in [0, 0.1) is 5.82 Å². The zero-order chi connectivity index (χ0) is 13.8. The molecule has 0 saturated carbocycles. The van der Waals surface area contributed by atoms with Gasteiger partial charge in [0.25, 0.3) is 0 Å². The Hall–Kier alpha value is -1.46. The van der Waals surface area contributed by atoms with Crippen molar-refractivity contribution in [2.75, 3.05) is 14.2 Å². The Kier molecular flexibility index (Phi) is 4.50. The second kappa shape index (κ2) is 6.12. The first-order chi connectivity index (χ1) is 9.15. The topological polar surface area (TPSA) is 34.1 Å². The van der Waals surface area contributed by atoms with Crippen molar-refractivity contribution in [3.8, 4) is 5.75 Å². The average Bonchev–Trinajstić information content (AvgIpc) is 2.42. The zero-order valence-corrected chi connectivity index (χ0v) is 12.2. The van der Waals surface area contributed by atoms with Crippen LogP contribution in [-0.4, -0.2) is 19.1 Å². The van der Waals surface area contributed by atoms with E-state index in [4.69, 9.17) is 4.74 Å². The molecule has 0 bridgehead atoms. The summed E-state index contributed by atoms with van der Waals surface area (Å²) in [4.78, 5) is 4.34. The number of methoxy groups -OCH3 is 1. The summed E-state index contributed by atoms with van der Waals surface area (Å²) in [6, 6.07) is 8.55. The van der Waals surface area contributed by atoms with Gasteiger partial charge in [-0.1, -0.05) is 6.07 Å². The summed E-state index contributed by atoms with van der Waals surface area (Å²) in [6.45, 7) is 0. The lowest BCUT2D eigenvalue weighted by molar-refractivity contribution is 0.386. The molecular weight excluding hydrogens is 311 g/mol. The molecule has 1 N–H and O–H groups in total. The Morgan fingerprint density at radius 1 is 1.32 bits per heavy atom. The lowest BCUT2D eigenvalue weighted by Gasteiger charge is -2.17. The number of ether oxygens (including phenoxy) is 1. The van der Waals surface area contributed by atoms with E-state index >= 15 is 0 Å². The van der Waals surface area contributed by atoms with E-state index in [-0.39, 0.29) is 17.6 Å². The van der Waals surface area contributed by atoms with E-state index in [0.29, 0.717) is 0 Å². The molecule has 1 unspecified atom stereocenters. The van der Waals surface area contributed by atoms with Gasteiger partial charge in [0.1, 0.15) is 0 Å². The number of halogens is 2. The number of pyridine rings is 1. The lowest BCUT2D eigenvalue weighted by atomic mass is 10.0. The van der Waals surface area contributed by atoms with Crippen LogP contribution in [0.5, 0.6) is 5.75 Å². The third-order valence-electron chi connectivity index (χ3n) is 2.84. The van der Waals surface area contributed by atoms with Crippen molar-refractivity contribution in [2.45, 2.75) is 6.04 Å². The van der Waals surface area contributed by atoms with Crippen LogP contribution in [0.4, 0.5) is 4.39 Å². The zero-order valence-electron chi connectivity index (χ0n) is 10.7. The van der Waals surface area contributed by atoms with Crippen molar-refractivity contribution in [1.82, 2.24) is 10.3 Å². The number of nitrogens with one attached hydrogen (secondary N) is 1. The van der Waals surface area contributed by atoms with E-state index in [0.717, 1.165) is 15.7 Å². The van der Waals surface area contributed by atoms with Gasteiger partial charge in [0.2, 0.25) is 0 Å². The van der Waals surface area contributed by atoms with Crippen LogP contribution >= 0.6 is 15.9 Å². The van der Waals surface area contributed by atoms with Crippen molar-refractivity contribution >= 4 is 15.9 Å². The van der Waals surface area contributed by atoms with Gasteiger partial charge in [0, 0.05) is 10.7 Å². The van der Waals surface area contributed by atoms with Gasteiger partial charge in [-0.05, 0) is 52.8 Å². The molecule has 100 valence electrons. The molecule has 2 rings (SSSR count). The number of aromatic nitrogens is 1. The van der Waals surface area contributed by atoms with E-state index in [1.165, 1.54) is 13.2 Å². The summed E-state index contributed by atoms with van der Waals surface area (Å²) >= 11 is 3.34. The van der Waals surface area contributed by atoms with Crippen LogP contribution in [0.3, 0.4) is 0 Å². The molecule has 1 aromatic heterocycles. The fraction of sp³-hybridized carbons (Fsp3) is 0.214. The van der Waals surface area contributed by atoms with E-state index in [1.54, 1.807) is 12.3 Å². The smallest absolute Gasteiger partial charge is 0.165 e. The lowest BCUT2D eigenvalue weighted by Crippen LogP contribution is -2.19. The van der Waals surface area contributed by atoms with Gasteiger partial charge in [-0.15, -0.1) is 0 Å². The Bertz CT molecular complexity index is 560. The molecule has 3 nitrogen and oxygen atoms in total. The number of benzene rings is 1. The summed E-state index contributed by atoms with van der Waals surface area (Å²) in [5, 5.41) is 3.13. The number of rotatable bonds is 4. The van der Waals surface area contributed by atoms with E-state index in [2.05, 4.69) is 26.2 Å². The van der Waals surface area contributed by atoms with Crippen molar-refractivity contribution in [3.05, 3.63) is 58.1 Å². The normalized spacial score (nSPS) is 12.2. The fourth-order valence-electron chi connectivity index (χ4n) is 1.91. The van der Waals surface area contributed by atoms with Crippen LogP contribution in [0.1, 0.15) is 17.3 Å². The Balaban J connectivity index is 2.36. The van der Waals surface area contributed by atoms with Crippen LogP contribution < -0.4 is 10.1 Å². The second-order valence-corrected chi connectivity index (χ2v) is 4.93. The SMILES string of the molecule is CNC(c1ccc(OC)c(F)c1)c1ccc(Br)cn1. The quantitative estimate of drug-likeness (QED) is 0.937. The molecule has 2 aromatic rings. The summed E-state index contributed by atoms with van der Waals surface area (Å²) in [5.41, 5.74) is 1.63. The molecule has 1 aromatic carbocycles. The standard InChI is InChI=1S/C14H14BrFN2O/c1-17-14(12-5-4-10(15)8-18-12)9-3-6-13(19-2)11(16)7-9/h3-8,14,17H,1-2H3. The Labute approximate surface area is 119 Å². The number of nitrogens with zero attached hydrogens (tertiary/aromatic N) is 1. The fourth-order valence-corrected chi connectivity index (χ4v) is 2.14. The highest BCUT2D eigenvalue weighted by Gasteiger charge is 2.15. The van der Waals surface area contributed by atoms with E-state index in [9.17, 15) is 4.39 Å². The molecule has 0 aliphatic carbocycles. The number of hydrogen-bond acceptors (Lipinski definition) is 3. The third-order valence-corrected chi connectivity index (χ3v) is 3.31. The molecule has 0 spiro atoms. The van der Waals surface area contributed by atoms with Crippen LogP contribution in [0.2, 0.25) is 0 Å². The van der Waals surface area contributed by atoms with Gasteiger partial charge in [-0.25, -0.2) is 4.39 Å². The highest BCUT2D eigenvalue weighted by Crippen LogP contribution is 2.25.